The molecule has 0 spiro atoms. The summed E-state index contributed by atoms with van der Waals surface area (Å²) < 4.78 is 16.9. The Balaban J connectivity index is 4.21. The fourth-order valence-electron chi connectivity index (χ4n) is 8.89. The summed E-state index contributed by atoms with van der Waals surface area (Å²) in [6, 6.07) is 0. The summed E-state index contributed by atoms with van der Waals surface area (Å²) in [5, 5.41) is 0. The molecule has 0 aromatic heterocycles. The van der Waals surface area contributed by atoms with Gasteiger partial charge in [-0.25, -0.2) is 0 Å². The minimum atomic E-state index is -0.792. The van der Waals surface area contributed by atoms with E-state index in [4.69, 9.17) is 14.2 Å². The summed E-state index contributed by atoms with van der Waals surface area (Å²) in [5.41, 5.74) is 0. The molecule has 0 saturated carbocycles. The molecule has 0 heterocycles. The smallest absolute Gasteiger partial charge is 0.306 e. The van der Waals surface area contributed by atoms with E-state index in [-0.39, 0.29) is 31.1 Å². The van der Waals surface area contributed by atoms with E-state index >= 15 is 0 Å². The van der Waals surface area contributed by atoms with Gasteiger partial charge in [0.25, 0.3) is 0 Å². The lowest BCUT2D eigenvalue weighted by molar-refractivity contribution is -0.167. The molecule has 1 unspecified atom stereocenters. The quantitative estimate of drug-likeness (QED) is 0.0261. The van der Waals surface area contributed by atoms with E-state index in [2.05, 4.69) is 130 Å². The lowest BCUT2D eigenvalue weighted by Gasteiger charge is -2.18. The Hall–Kier alpha value is -3.93. The van der Waals surface area contributed by atoms with Gasteiger partial charge in [0, 0.05) is 19.3 Å². The van der Waals surface area contributed by atoms with Crippen molar-refractivity contribution in [2.75, 3.05) is 13.2 Å². The minimum absolute atomic E-state index is 0.0874. The van der Waals surface area contributed by atoms with Crippen LogP contribution in [-0.2, 0) is 28.6 Å². The molecule has 0 bridgehead atoms. The first-order valence-corrected chi connectivity index (χ1v) is 32.4. The molecule has 6 heteroatoms. The van der Waals surface area contributed by atoms with Crippen LogP contribution in [-0.4, -0.2) is 37.2 Å². The van der Waals surface area contributed by atoms with Crippen LogP contribution in [0.25, 0.3) is 0 Å². The molecule has 0 aliphatic heterocycles. The number of hydrogen-bond acceptors (Lipinski definition) is 6. The second-order valence-corrected chi connectivity index (χ2v) is 21.3. The van der Waals surface area contributed by atoms with E-state index in [0.717, 1.165) is 148 Å². The van der Waals surface area contributed by atoms with Crippen LogP contribution in [0.3, 0.4) is 0 Å². The number of rotatable bonds is 58. The zero-order chi connectivity index (χ0) is 55.7. The monoisotopic (exact) mass is 1070 g/mol. The number of ether oxygens (including phenoxy) is 3. The maximum Gasteiger partial charge on any atom is 0.306 e. The van der Waals surface area contributed by atoms with Gasteiger partial charge in [-0.05, 0) is 122 Å². The van der Waals surface area contributed by atoms with Gasteiger partial charge >= 0.3 is 17.9 Å². The number of esters is 3. The van der Waals surface area contributed by atoms with Gasteiger partial charge in [0.15, 0.2) is 6.10 Å². The summed E-state index contributed by atoms with van der Waals surface area (Å²) in [7, 11) is 0. The van der Waals surface area contributed by atoms with Crippen molar-refractivity contribution in [2.24, 2.45) is 0 Å². The van der Waals surface area contributed by atoms with Crippen molar-refractivity contribution in [3.8, 4) is 0 Å². The molecular formula is C71H120O6. The van der Waals surface area contributed by atoms with E-state index in [1.54, 1.807) is 0 Å². The molecule has 0 rings (SSSR count). The van der Waals surface area contributed by atoms with Crippen LogP contribution < -0.4 is 0 Å². The highest BCUT2D eigenvalue weighted by molar-refractivity contribution is 5.71. The molecule has 0 aromatic rings. The third-order valence-electron chi connectivity index (χ3n) is 13.7. The molecule has 0 radical (unpaired) electrons. The van der Waals surface area contributed by atoms with Gasteiger partial charge in [-0.15, -0.1) is 0 Å². The van der Waals surface area contributed by atoms with Gasteiger partial charge < -0.3 is 14.2 Å². The van der Waals surface area contributed by atoms with Crippen LogP contribution in [0.5, 0.6) is 0 Å². The first kappa shape index (κ1) is 73.1. The second kappa shape index (κ2) is 64.6. The van der Waals surface area contributed by atoms with E-state index < -0.39 is 6.10 Å². The topological polar surface area (TPSA) is 78.9 Å². The average Bonchev–Trinajstić information content (AvgIpc) is 3.43. The summed E-state index contributed by atoms with van der Waals surface area (Å²) in [5.74, 6) is -0.909. The molecule has 0 amide bonds. The van der Waals surface area contributed by atoms with E-state index in [1.165, 1.54) is 116 Å². The van der Waals surface area contributed by atoms with Crippen molar-refractivity contribution < 1.29 is 28.6 Å². The van der Waals surface area contributed by atoms with Crippen LogP contribution in [0.4, 0.5) is 0 Å². The van der Waals surface area contributed by atoms with Gasteiger partial charge in [0.2, 0.25) is 0 Å². The van der Waals surface area contributed by atoms with Gasteiger partial charge in [0.1, 0.15) is 13.2 Å². The molecule has 1 atom stereocenters. The zero-order valence-electron chi connectivity index (χ0n) is 50.4. The number of carbonyl (C=O) groups excluding carboxylic acids is 3. The highest BCUT2D eigenvalue weighted by atomic mass is 16.6. The molecule has 77 heavy (non-hydrogen) atoms. The predicted molar refractivity (Wildman–Crippen MR) is 334 cm³/mol. The Morgan fingerprint density at radius 2 is 0.532 bits per heavy atom. The van der Waals surface area contributed by atoms with Gasteiger partial charge in [0.05, 0.1) is 0 Å². The fourth-order valence-corrected chi connectivity index (χ4v) is 8.89. The van der Waals surface area contributed by atoms with Gasteiger partial charge in [-0.3, -0.25) is 14.4 Å². The van der Waals surface area contributed by atoms with Crippen molar-refractivity contribution >= 4 is 17.9 Å². The summed E-state index contributed by atoms with van der Waals surface area (Å²) >= 11 is 0. The second-order valence-electron chi connectivity index (χ2n) is 21.3. The standard InChI is InChI=1S/C71H120O6/c1-4-7-10-13-16-19-22-25-27-28-29-30-31-32-33-34-35-36-37-38-39-40-41-42-44-46-49-52-55-58-61-64-70(73)76-67-68(66-75-69(72)63-60-57-54-51-48-45-24-21-18-15-12-9-6-3)77-71(74)65-62-59-56-53-50-47-43-26-23-20-17-14-11-8-5-2/h7,10,12,15-17,19-21,24-27,29-30,32-33,43,68H,4-6,8-9,11,13-14,18,22-23,28,31,34-42,44-67H2,1-3H3/b10-7-,15-12-,19-16-,20-17-,24-21-,27-25-,30-29-,33-32-,43-26-. The van der Waals surface area contributed by atoms with Crippen LogP contribution >= 0.6 is 0 Å². The summed E-state index contributed by atoms with van der Waals surface area (Å²) in [6.07, 6.45) is 88.2. The van der Waals surface area contributed by atoms with E-state index in [0.29, 0.717) is 19.3 Å². The number of allylic oxidation sites excluding steroid dienone is 18. The Kier molecular flexibility index (Phi) is 61.3. The lowest BCUT2D eigenvalue weighted by atomic mass is 10.0. The predicted octanol–water partition coefficient (Wildman–Crippen LogP) is 22.2. The van der Waals surface area contributed by atoms with Gasteiger partial charge in [-0.2, -0.15) is 0 Å². The Morgan fingerprint density at radius 1 is 0.273 bits per heavy atom. The van der Waals surface area contributed by atoms with Gasteiger partial charge in [-0.1, -0.05) is 271 Å². The maximum absolute atomic E-state index is 12.9. The maximum atomic E-state index is 12.9. The first-order chi connectivity index (χ1) is 38.0. The van der Waals surface area contributed by atoms with Crippen molar-refractivity contribution in [3.63, 3.8) is 0 Å². The van der Waals surface area contributed by atoms with Crippen molar-refractivity contribution in [3.05, 3.63) is 109 Å². The molecular weight excluding hydrogens is 949 g/mol. The Labute approximate surface area is 476 Å². The largest absolute Gasteiger partial charge is 0.462 e. The first-order valence-electron chi connectivity index (χ1n) is 32.4. The minimum Gasteiger partial charge on any atom is -0.462 e. The Bertz CT molecular complexity index is 1560. The SMILES string of the molecule is CC/C=C\C/C=C\C/C=C\C/C=C\C/C=C\CCCCCCCCCCCCCCCCCC(=O)OCC(COC(=O)CCCCCCC/C=C\C/C=C\CCC)OC(=O)CCCCCCC/C=C\C/C=C\CCCCC. The average molecular weight is 1070 g/mol. The van der Waals surface area contributed by atoms with Crippen LogP contribution in [0.1, 0.15) is 303 Å². The lowest BCUT2D eigenvalue weighted by Crippen LogP contribution is -2.30. The molecule has 0 aromatic carbocycles. The highest BCUT2D eigenvalue weighted by Crippen LogP contribution is 2.16. The van der Waals surface area contributed by atoms with Crippen LogP contribution in [0.15, 0.2) is 109 Å². The fraction of sp³-hybridized carbons (Fsp3) is 0.704. The third-order valence-corrected chi connectivity index (χ3v) is 13.7. The van der Waals surface area contributed by atoms with E-state index in [9.17, 15) is 14.4 Å². The molecule has 0 aliphatic rings. The zero-order valence-corrected chi connectivity index (χ0v) is 50.4. The summed E-state index contributed by atoms with van der Waals surface area (Å²) in [4.78, 5) is 38.2. The highest BCUT2D eigenvalue weighted by Gasteiger charge is 2.19. The molecule has 0 saturated heterocycles. The molecule has 0 N–H and O–H groups in total. The number of hydrogen-bond donors (Lipinski definition) is 0. The van der Waals surface area contributed by atoms with Crippen molar-refractivity contribution in [1.82, 2.24) is 0 Å². The van der Waals surface area contributed by atoms with Crippen molar-refractivity contribution in [1.29, 1.82) is 0 Å². The van der Waals surface area contributed by atoms with Crippen LogP contribution in [0, 0.1) is 0 Å². The summed E-state index contributed by atoms with van der Waals surface area (Å²) in [6.45, 7) is 6.43. The van der Waals surface area contributed by atoms with Crippen LogP contribution in [0.2, 0.25) is 0 Å². The molecule has 6 nitrogen and oxygen atoms in total. The molecule has 0 aliphatic carbocycles. The number of unbranched alkanes of at least 4 members (excludes halogenated alkanes) is 29. The molecule has 440 valence electrons. The molecule has 0 fully saturated rings. The number of carbonyl (C=O) groups is 3. The van der Waals surface area contributed by atoms with Crippen molar-refractivity contribution in [2.45, 2.75) is 309 Å². The normalized spacial score (nSPS) is 12.8. The van der Waals surface area contributed by atoms with E-state index in [1.807, 2.05) is 0 Å². The Morgan fingerprint density at radius 3 is 0.844 bits per heavy atom. The third kappa shape index (κ3) is 62.8.